The van der Waals surface area contributed by atoms with Gasteiger partial charge in [0, 0.05) is 19.6 Å². The molecular weight excluding hydrogens is 218 g/mol. The first-order valence-corrected chi connectivity index (χ1v) is 7.16. The highest BCUT2D eigenvalue weighted by atomic mass is 32.1. The largest absolute Gasteiger partial charge is 0.373 e. The molecule has 0 radical (unpaired) electrons. The van der Waals surface area contributed by atoms with Crippen molar-refractivity contribution in [3.63, 3.8) is 0 Å². The minimum atomic E-state index is 0.0364. The van der Waals surface area contributed by atoms with Crippen LogP contribution in [-0.4, -0.2) is 42.5 Å². The van der Waals surface area contributed by atoms with E-state index in [9.17, 15) is 0 Å². The van der Waals surface area contributed by atoms with Crippen LogP contribution >= 0.6 is 12.6 Å². The fraction of sp³-hybridized carbons (Fsp3) is 1.00. The van der Waals surface area contributed by atoms with Crippen LogP contribution in [0, 0.1) is 5.41 Å². The molecule has 0 aromatic rings. The molecule has 94 valence electrons. The van der Waals surface area contributed by atoms with Crippen molar-refractivity contribution in [2.45, 2.75) is 45.1 Å². The highest BCUT2D eigenvalue weighted by Gasteiger charge is 2.37. The highest BCUT2D eigenvalue weighted by molar-refractivity contribution is 7.80. The van der Waals surface area contributed by atoms with Crippen LogP contribution in [0.5, 0.6) is 0 Å². The van der Waals surface area contributed by atoms with Crippen LogP contribution in [-0.2, 0) is 4.74 Å². The summed E-state index contributed by atoms with van der Waals surface area (Å²) in [6, 6.07) is 0. The number of thiol groups is 1. The van der Waals surface area contributed by atoms with E-state index in [0.717, 1.165) is 25.4 Å². The van der Waals surface area contributed by atoms with Gasteiger partial charge in [-0.1, -0.05) is 12.8 Å². The Kier molecular flexibility index (Phi) is 3.87. The molecule has 0 atom stereocenters. The SMILES string of the molecule is CC1(C)CN(CC2(CS)CCCC2)CCO1. The van der Waals surface area contributed by atoms with E-state index in [0.29, 0.717) is 5.41 Å². The fourth-order valence-corrected chi connectivity index (χ4v) is 3.63. The Balaban J connectivity index is 1.93. The second-order valence-electron chi connectivity index (χ2n) is 6.18. The van der Waals surface area contributed by atoms with Gasteiger partial charge in [-0.2, -0.15) is 12.6 Å². The van der Waals surface area contributed by atoms with Crippen LogP contribution in [0.1, 0.15) is 39.5 Å². The van der Waals surface area contributed by atoms with E-state index in [1.54, 1.807) is 0 Å². The summed E-state index contributed by atoms with van der Waals surface area (Å²) < 4.78 is 5.77. The van der Waals surface area contributed by atoms with E-state index < -0.39 is 0 Å². The van der Waals surface area contributed by atoms with E-state index in [1.165, 1.54) is 32.2 Å². The number of hydrogen-bond acceptors (Lipinski definition) is 3. The van der Waals surface area contributed by atoms with Gasteiger partial charge in [-0.25, -0.2) is 0 Å². The lowest BCUT2D eigenvalue weighted by molar-refractivity contribution is -0.0929. The zero-order chi connectivity index (χ0) is 11.6. The molecule has 0 bridgehead atoms. The van der Waals surface area contributed by atoms with E-state index in [-0.39, 0.29) is 5.60 Å². The molecule has 2 aliphatic rings. The molecule has 0 unspecified atom stereocenters. The molecule has 2 rings (SSSR count). The Hall–Kier alpha value is 0.270. The van der Waals surface area contributed by atoms with Crippen LogP contribution in [0.3, 0.4) is 0 Å². The second kappa shape index (κ2) is 4.87. The van der Waals surface area contributed by atoms with Crippen molar-refractivity contribution in [3.8, 4) is 0 Å². The lowest BCUT2D eigenvalue weighted by Crippen LogP contribution is -2.51. The number of rotatable bonds is 3. The van der Waals surface area contributed by atoms with Crippen LogP contribution in [0.4, 0.5) is 0 Å². The molecule has 2 nitrogen and oxygen atoms in total. The molecular formula is C13H25NOS. The Labute approximate surface area is 105 Å². The number of hydrogen-bond donors (Lipinski definition) is 1. The molecule has 1 aliphatic carbocycles. The van der Waals surface area contributed by atoms with Crippen LogP contribution in [0.2, 0.25) is 0 Å². The maximum Gasteiger partial charge on any atom is 0.0753 e. The smallest absolute Gasteiger partial charge is 0.0753 e. The quantitative estimate of drug-likeness (QED) is 0.765. The van der Waals surface area contributed by atoms with Crippen LogP contribution in [0.15, 0.2) is 0 Å². The summed E-state index contributed by atoms with van der Waals surface area (Å²) in [5, 5.41) is 0. The lowest BCUT2D eigenvalue weighted by atomic mass is 9.87. The molecule has 1 aliphatic heterocycles. The van der Waals surface area contributed by atoms with Crippen molar-refractivity contribution >= 4 is 12.6 Å². The van der Waals surface area contributed by atoms with E-state index in [2.05, 4.69) is 31.4 Å². The lowest BCUT2D eigenvalue weighted by Gasteiger charge is -2.42. The third kappa shape index (κ3) is 2.93. The summed E-state index contributed by atoms with van der Waals surface area (Å²) in [6.45, 7) is 8.67. The monoisotopic (exact) mass is 243 g/mol. The Morgan fingerprint density at radius 2 is 1.94 bits per heavy atom. The number of nitrogens with zero attached hydrogens (tertiary/aromatic N) is 1. The van der Waals surface area contributed by atoms with Gasteiger partial charge in [-0.15, -0.1) is 0 Å². The zero-order valence-electron chi connectivity index (χ0n) is 10.7. The molecule has 16 heavy (non-hydrogen) atoms. The highest BCUT2D eigenvalue weighted by Crippen LogP contribution is 2.40. The summed E-state index contributed by atoms with van der Waals surface area (Å²) >= 11 is 4.59. The van der Waals surface area contributed by atoms with Crippen molar-refractivity contribution in [2.24, 2.45) is 5.41 Å². The number of ether oxygens (including phenoxy) is 1. The van der Waals surface area contributed by atoms with Gasteiger partial charge in [0.05, 0.1) is 12.2 Å². The molecule has 0 aromatic carbocycles. The van der Waals surface area contributed by atoms with Gasteiger partial charge in [0.15, 0.2) is 0 Å². The molecule has 0 aromatic heterocycles. The molecule has 3 heteroatoms. The normalized spacial score (nSPS) is 29.4. The Morgan fingerprint density at radius 1 is 1.25 bits per heavy atom. The summed E-state index contributed by atoms with van der Waals surface area (Å²) in [5.41, 5.74) is 0.533. The van der Waals surface area contributed by atoms with Crippen molar-refractivity contribution < 1.29 is 4.74 Å². The van der Waals surface area contributed by atoms with Crippen molar-refractivity contribution in [1.82, 2.24) is 4.90 Å². The zero-order valence-corrected chi connectivity index (χ0v) is 11.6. The van der Waals surface area contributed by atoms with Crippen molar-refractivity contribution in [1.29, 1.82) is 0 Å². The Morgan fingerprint density at radius 3 is 2.50 bits per heavy atom. The van der Waals surface area contributed by atoms with Gasteiger partial charge < -0.3 is 4.74 Å². The van der Waals surface area contributed by atoms with Gasteiger partial charge in [-0.05, 0) is 37.9 Å². The van der Waals surface area contributed by atoms with Crippen molar-refractivity contribution in [2.75, 3.05) is 32.0 Å². The predicted octanol–water partition coefficient (Wildman–Crippen LogP) is 2.59. The van der Waals surface area contributed by atoms with Gasteiger partial charge >= 0.3 is 0 Å². The minimum absolute atomic E-state index is 0.0364. The molecule has 2 fully saturated rings. The van der Waals surface area contributed by atoms with Gasteiger partial charge in [0.25, 0.3) is 0 Å². The van der Waals surface area contributed by atoms with Gasteiger partial charge in [0.2, 0.25) is 0 Å². The minimum Gasteiger partial charge on any atom is -0.373 e. The van der Waals surface area contributed by atoms with E-state index >= 15 is 0 Å². The fourth-order valence-electron chi connectivity index (χ4n) is 3.21. The predicted molar refractivity (Wildman–Crippen MR) is 71.2 cm³/mol. The average molecular weight is 243 g/mol. The third-order valence-corrected chi connectivity index (χ3v) is 4.73. The summed E-state index contributed by atoms with van der Waals surface area (Å²) in [4.78, 5) is 2.59. The second-order valence-corrected chi connectivity index (χ2v) is 6.50. The summed E-state index contributed by atoms with van der Waals surface area (Å²) in [5.74, 6) is 1.05. The van der Waals surface area contributed by atoms with E-state index in [4.69, 9.17) is 4.74 Å². The summed E-state index contributed by atoms with van der Waals surface area (Å²) in [7, 11) is 0. The molecule has 0 spiro atoms. The summed E-state index contributed by atoms with van der Waals surface area (Å²) in [6.07, 6.45) is 5.53. The third-order valence-electron chi connectivity index (χ3n) is 4.06. The van der Waals surface area contributed by atoms with Gasteiger partial charge in [0.1, 0.15) is 0 Å². The first-order valence-electron chi connectivity index (χ1n) is 6.53. The Bertz CT molecular complexity index is 236. The topological polar surface area (TPSA) is 12.5 Å². The van der Waals surface area contributed by atoms with Crippen LogP contribution < -0.4 is 0 Å². The average Bonchev–Trinajstić information content (AvgIpc) is 2.65. The molecule has 0 N–H and O–H groups in total. The first kappa shape index (κ1) is 12.7. The first-order chi connectivity index (χ1) is 7.55. The van der Waals surface area contributed by atoms with E-state index in [1.807, 2.05) is 0 Å². The molecule has 1 saturated carbocycles. The van der Waals surface area contributed by atoms with Crippen LogP contribution in [0.25, 0.3) is 0 Å². The molecule has 1 heterocycles. The van der Waals surface area contributed by atoms with Gasteiger partial charge in [-0.3, -0.25) is 4.90 Å². The van der Waals surface area contributed by atoms with Crippen molar-refractivity contribution in [3.05, 3.63) is 0 Å². The number of morpholine rings is 1. The standard InChI is InChI=1S/C13H25NOS/c1-12(2)9-14(7-8-15-12)10-13(11-16)5-3-4-6-13/h16H,3-11H2,1-2H3. The maximum atomic E-state index is 5.77. The molecule has 1 saturated heterocycles. The maximum absolute atomic E-state index is 5.77. The molecule has 0 amide bonds.